The van der Waals surface area contributed by atoms with E-state index < -0.39 is 10.0 Å². The molecule has 0 spiro atoms. The van der Waals surface area contributed by atoms with Crippen LogP contribution in [0.4, 0.5) is 0 Å². The molecule has 20 heavy (non-hydrogen) atoms. The van der Waals surface area contributed by atoms with Gasteiger partial charge in [-0.3, -0.25) is 0 Å². The Balaban J connectivity index is 2.24. The predicted octanol–water partition coefficient (Wildman–Crippen LogP) is 0.515. The Morgan fingerprint density at radius 3 is 2.80 bits per heavy atom. The molecule has 0 aliphatic carbocycles. The minimum Gasteiger partial charge on any atom is -0.326 e. The van der Waals surface area contributed by atoms with E-state index in [0.717, 1.165) is 5.56 Å². The number of nitrogens with one attached hydrogen (secondary N) is 1. The molecule has 3 N–H and O–H groups in total. The van der Waals surface area contributed by atoms with Gasteiger partial charge in [-0.15, -0.1) is 10.2 Å². The Kier molecular flexibility index (Phi) is 4.53. The van der Waals surface area contributed by atoms with Crippen LogP contribution in [0.15, 0.2) is 33.9 Å². The van der Waals surface area contributed by atoms with Gasteiger partial charge in [0.15, 0.2) is 0 Å². The van der Waals surface area contributed by atoms with Crippen molar-refractivity contribution in [1.29, 1.82) is 0 Å². The zero-order valence-corrected chi connectivity index (χ0v) is 13.1. The van der Waals surface area contributed by atoms with Crippen molar-refractivity contribution in [1.82, 2.24) is 19.5 Å². The quantitative estimate of drug-likeness (QED) is 0.809. The molecule has 108 valence electrons. The van der Waals surface area contributed by atoms with E-state index in [-0.39, 0.29) is 18.0 Å². The molecular formula is C11H14BrN5O2S. The molecule has 0 saturated carbocycles. The number of sulfonamides is 1. The Bertz CT molecular complexity index is 713. The molecule has 2 aromatic rings. The van der Waals surface area contributed by atoms with E-state index in [9.17, 15) is 8.42 Å². The van der Waals surface area contributed by atoms with Crippen LogP contribution < -0.4 is 10.5 Å². The first-order chi connectivity index (χ1) is 9.44. The summed E-state index contributed by atoms with van der Waals surface area (Å²) in [6.45, 7) is 0.344. The van der Waals surface area contributed by atoms with Gasteiger partial charge in [-0.1, -0.05) is 6.07 Å². The summed E-state index contributed by atoms with van der Waals surface area (Å²) < 4.78 is 29.2. The van der Waals surface area contributed by atoms with Crippen LogP contribution in [0.25, 0.3) is 0 Å². The second kappa shape index (κ2) is 6.00. The molecule has 0 unspecified atom stereocenters. The number of benzene rings is 1. The standard InChI is InChI=1S/C11H14BrN5O2S/c1-17-7-14-16-11(17)6-15-20(18,19)10-4-8(5-13)2-3-9(10)12/h2-4,7,15H,5-6,13H2,1H3. The minimum absolute atomic E-state index is 0.0676. The summed E-state index contributed by atoms with van der Waals surface area (Å²) in [5.41, 5.74) is 6.27. The Hall–Kier alpha value is -1.29. The van der Waals surface area contributed by atoms with Crippen LogP contribution in [0.1, 0.15) is 11.4 Å². The van der Waals surface area contributed by atoms with E-state index in [0.29, 0.717) is 10.3 Å². The SMILES string of the molecule is Cn1cnnc1CNS(=O)(=O)c1cc(CN)ccc1Br. The number of nitrogens with zero attached hydrogens (tertiary/aromatic N) is 3. The highest BCUT2D eigenvalue weighted by Gasteiger charge is 2.18. The molecule has 0 amide bonds. The lowest BCUT2D eigenvalue weighted by Crippen LogP contribution is -2.25. The molecule has 0 atom stereocenters. The van der Waals surface area contributed by atoms with Gasteiger partial charge in [0, 0.05) is 18.1 Å². The lowest BCUT2D eigenvalue weighted by molar-refractivity contribution is 0.576. The van der Waals surface area contributed by atoms with Crippen LogP contribution in [0.5, 0.6) is 0 Å². The lowest BCUT2D eigenvalue weighted by Gasteiger charge is -2.09. The molecule has 0 aliphatic rings. The van der Waals surface area contributed by atoms with Crippen LogP contribution in [0, 0.1) is 0 Å². The van der Waals surface area contributed by atoms with Crippen molar-refractivity contribution in [2.24, 2.45) is 12.8 Å². The number of rotatable bonds is 5. The van der Waals surface area contributed by atoms with Gasteiger partial charge in [0.05, 0.1) is 11.4 Å². The third-order valence-electron chi connectivity index (χ3n) is 2.75. The number of nitrogens with two attached hydrogens (primary N) is 1. The van der Waals surface area contributed by atoms with Gasteiger partial charge in [0.25, 0.3) is 0 Å². The summed E-state index contributed by atoms with van der Waals surface area (Å²) in [5, 5.41) is 7.52. The first-order valence-electron chi connectivity index (χ1n) is 5.75. The Labute approximate surface area is 125 Å². The molecule has 1 heterocycles. The van der Waals surface area contributed by atoms with Crippen molar-refractivity contribution in [3.63, 3.8) is 0 Å². The van der Waals surface area contributed by atoms with Crippen LogP contribution in [-0.2, 0) is 30.2 Å². The lowest BCUT2D eigenvalue weighted by atomic mass is 10.2. The van der Waals surface area contributed by atoms with Crippen molar-refractivity contribution in [3.05, 3.63) is 40.4 Å². The van der Waals surface area contributed by atoms with Crippen molar-refractivity contribution < 1.29 is 8.42 Å². The maximum Gasteiger partial charge on any atom is 0.242 e. The average Bonchev–Trinajstić information content (AvgIpc) is 2.82. The van der Waals surface area contributed by atoms with E-state index in [1.807, 2.05) is 0 Å². The fourth-order valence-corrected chi connectivity index (χ4v) is 3.58. The van der Waals surface area contributed by atoms with Crippen LogP contribution in [0.3, 0.4) is 0 Å². The average molecular weight is 360 g/mol. The zero-order valence-electron chi connectivity index (χ0n) is 10.7. The maximum absolute atomic E-state index is 12.3. The molecule has 7 nitrogen and oxygen atoms in total. The molecule has 0 fully saturated rings. The number of halogens is 1. The zero-order chi connectivity index (χ0) is 14.8. The largest absolute Gasteiger partial charge is 0.326 e. The monoisotopic (exact) mass is 359 g/mol. The molecular weight excluding hydrogens is 346 g/mol. The predicted molar refractivity (Wildman–Crippen MR) is 77.1 cm³/mol. The molecule has 1 aromatic carbocycles. The van der Waals surface area contributed by atoms with Gasteiger partial charge in [-0.05, 0) is 33.6 Å². The van der Waals surface area contributed by atoms with E-state index in [4.69, 9.17) is 5.73 Å². The molecule has 0 aliphatic heterocycles. The third kappa shape index (κ3) is 3.23. The minimum atomic E-state index is -3.65. The molecule has 9 heteroatoms. The first-order valence-corrected chi connectivity index (χ1v) is 8.02. The molecule has 2 rings (SSSR count). The third-order valence-corrected chi connectivity index (χ3v) is 5.14. The summed E-state index contributed by atoms with van der Waals surface area (Å²) in [7, 11) is -1.91. The van der Waals surface area contributed by atoms with E-state index in [1.165, 1.54) is 6.33 Å². The van der Waals surface area contributed by atoms with Crippen LogP contribution in [-0.4, -0.2) is 23.2 Å². The fraction of sp³-hybridized carbons (Fsp3) is 0.273. The normalized spacial score (nSPS) is 11.8. The highest BCUT2D eigenvalue weighted by molar-refractivity contribution is 9.10. The molecule has 1 aromatic heterocycles. The summed E-state index contributed by atoms with van der Waals surface area (Å²) >= 11 is 3.24. The van der Waals surface area contributed by atoms with Crippen molar-refractivity contribution in [2.75, 3.05) is 0 Å². The highest BCUT2D eigenvalue weighted by atomic mass is 79.9. The van der Waals surface area contributed by atoms with E-state index in [2.05, 4.69) is 30.8 Å². The van der Waals surface area contributed by atoms with E-state index >= 15 is 0 Å². The van der Waals surface area contributed by atoms with Crippen LogP contribution >= 0.6 is 15.9 Å². The number of aromatic nitrogens is 3. The highest BCUT2D eigenvalue weighted by Crippen LogP contribution is 2.23. The Morgan fingerprint density at radius 1 is 1.45 bits per heavy atom. The van der Waals surface area contributed by atoms with Gasteiger partial charge in [0.1, 0.15) is 12.2 Å². The van der Waals surface area contributed by atoms with Gasteiger partial charge >= 0.3 is 0 Å². The van der Waals surface area contributed by atoms with Crippen molar-refractivity contribution >= 4 is 26.0 Å². The number of hydrogen-bond acceptors (Lipinski definition) is 5. The number of hydrogen-bond donors (Lipinski definition) is 2. The second-order valence-electron chi connectivity index (χ2n) is 4.15. The molecule has 0 saturated heterocycles. The summed E-state index contributed by atoms with van der Waals surface area (Å²) in [6.07, 6.45) is 1.51. The summed E-state index contributed by atoms with van der Waals surface area (Å²) in [6, 6.07) is 4.98. The van der Waals surface area contributed by atoms with Gasteiger partial charge in [-0.25, -0.2) is 13.1 Å². The van der Waals surface area contributed by atoms with Gasteiger partial charge in [0.2, 0.25) is 10.0 Å². The molecule has 0 radical (unpaired) electrons. The molecule has 0 bridgehead atoms. The van der Waals surface area contributed by atoms with Gasteiger partial charge in [-0.2, -0.15) is 0 Å². The topological polar surface area (TPSA) is 103 Å². The smallest absolute Gasteiger partial charge is 0.242 e. The Morgan fingerprint density at radius 2 is 2.20 bits per heavy atom. The van der Waals surface area contributed by atoms with Crippen molar-refractivity contribution in [2.45, 2.75) is 18.0 Å². The fourth-order valence-electron chi connectivity index (χ4n) is 1.59. The second-order valence-corrected chi connectivity index (χ2v) is 6.74. The van der Waals surface area contributed by atoms with Crippen LogP contribution in [0.2, 0.25) is 0 Å². The van der Waals surface area contributed by atoms with Gasteiger partial charge < -0.3 is 10.3 Å². The maximum atomic E-state index is 12.3. The van der Waals surface area contributed by atoms with E-state index in [1.54, 1.807) is 29.8 Å². The summed E-state index contributed by atoms with van der Waals surface area (Å²) in [4.78, 5) is 0.155. The van der Waals surface area contributed by atoms with Crippen molar-refractivity contribution in [3.8, 4) is 0 Å². The first kappa shape index (κ1) is 15.1. The summed E-state index contributed by atoms with van der Waals surface area (Å²) in [5.74, 6) is 0.527. The number of aryl methyl sites for hydroxylation is 1.